The van der Waals surface area contributed by atoms with E-state index in [1.807, 2.05) is 0 Å². The first-order valence-electron chi connectivity index (χ1n) is 10.1. The summed E-state index contributed by atoms with van der Waals surface area (Å²) in [4.78, 5) is 0. The summed E-state index contributed by atoms with van der Waals surface area (Å²) in [5.74, 6) is 0.571. The van der Waals surface area contributed by atoms with Crippen molar-refractivity contribution in [3.63, 3.8) is 0 Å². The quantitative estimate of drug-likeness (QED) is 0.503. The maximum Gasteiger partial charge on any atom is -1.00 e. The molecular weight excluding hydrogens is 494 g/mol. The Morgan fingerprint density at radius 2 is 1.62 bits per heavy atom. The summed E-state index contributed by atoms with van der Waals surface area (Å²) >= 11 is -0.818. The SMILES string of the molecule is CC1=C(C)C(C)(C)[C]([Zr+2][C]2=Cc3ccccc3C2CCO[Si](C)(C)C)=C1C.[Cl-].[Cl-]. The number of benzene rings is 1. The van der Waals surface area contributed by atoms with Gasteiger partial charge in [-0.15, -0.1) is 0 Å². The Morgan fingerprint density at radius 1 is 1.00 bits per heavy atom. The summed E-state index contributed by atoms with van der Waals surface area (Å²) in [6, 6.07) is 9.02. The number of allylic oxidation sites excluding steroid dienone is 5. The van der Waals surface area contributed by atoms with Crippen LogP contribution in [-0.4, -0.2) is 14.9 Å². The van der Waals surface area contributed by atoms with Crippen LogP contribution in [0.2, 0.25) is 19.6 Å². The standard InChI is InChI=1S/C14H19OSi.C10H15.2ClH.Zr/c1-16(2,3)15-11-10-13-9-8-12-6-4-5-7-14(12)13;1-7-6-10(4,5)9(3)8(7)2;;;/h4-8,13H,10-11H2,1-3H3;1-5H3;2*1H;/q;;;;+2/p-2. The molecule has 1 atom stereocenters. The van der Waals surface area contributed by atoms with Crippen LogP contribution in [0, 0.1) is 5.41 Å². The molecule has 0 aliphatic heterocycles. The van der Waals surface area contributed by atoms with Crippen molar-refractivity contribution in [1.29, 1.82) is 0 Å². The second kappa shape index (κ2) is 10.1. The third-order valence-corrected chi connectivity index (χ3v) is 12.4. The molecule has 5 heteroatoms. The molecule has 0 saturated carbocycles. The molecule has 0 amide bonds. The summed E-state index contributed by atoms with van der Waals surface area (Å²) < 4.78 is 9.75. The maximum atomic E-state index is 6.23. The van der Waals surface area contributed by atoms with E-state index >= 15 is 0 Å². The molecule has 1 aromatic rings. The number of hydrogen-bond acceptors (Lipinski definition) is 1. The first-order valence-corrected chi connectivity index (χ1v) is 16.0. The molecule has 1 nitrogen and oxygen atoms in total. The molecule has 0 aromatic heterocycles. The monoisotopic (exact) mass is 526 g/mol. The predicted molar refractivity (Wildman–Crippen MR) is 116 cm³/mol. The maximum absolute atomic E-state index is 6.23. The second-order valence-corrected chi connectivity index (χ2v) is 17.3. The van der Waals surface area contributed by atoms with E-state index < -0.39 is 31.6 Å². The van der Waals surface area contributed by atoms with Gasteiger partial charge in [-0.2, -0.15) is 0 Å². The fourth-order valence-corrected chi connectivity index (χ4v) is 9.62. The summed E-state index contributed by atoms with van der Waals surface area (Å²) in [6.07, 6.45) is 3.66. The van der Waals surface area contributed by atoms with Crippen molar-refractivity contribution < 1.29 is 52.5 Å². The third kappa shape index (κ3) is 5.66. The van der Waals surface area contributed by atoms with Gasteiger partial charge >= 0.3 is 179 Å². The van der Waals surface area contributed by atoms with Crippen molar-refractivity contribution in [2.45, 2.75) is 66.6 Å². The molecule has 0 N–H and O–H groups in total. The van der Waals surface area contributed by atoms with Crippen LogP contribution < -0.4 is 24.8 Å². The molecule has 0 radical (unpaired) electrons. The van der Waals surface area contributed by atoms with Crippen molar-refractivity contribution in [2.24, 2.45) is 5.41 Å². The summed E-state index contributed by atoms with van der Waals surface area (Å²) in [7, 11) is -1.45. The van der Waals surface area contributed by atoms with Crippen LogP contribution in [0.5, 0.6) is 0 Å². The van der Waals surface area contributed by atoms with E-state index in [9.17, 15) is 0 Å². The van der Waals surface area contributed by atoms with E-state index in [4.69, 9.17) is 4.43 Å². The second-order valence-electron chi connectivity index (χ2n) is 9.53. The fraction of sp³-hybridized carbons (Fsp3) is 0.500. The minimum Gasteiger partial charge on any atom is -1.00 e. The van der Waals surface area contributed by atoms with Gasteiger partial charge in [-0.3, -0.25) is 0 Å². The molecule has 29 heavy (non-hydrogen) atoms. The predicted octanol–water partition coefficient (Wildman–Crippen LogP) is 1.11. The van der Waals surface area contributed by atoms with Crippen LogP contribution in [-0.2, 0) is 27.7 Å². The summed E-state index contributed by atoms with van der Waals surface area (Å²) in [6.45, 7) is 19.6. The van der Waals surface area contributed by atoms with Gasteiger partial charge in [-0.25, -0.2) is 0 Å². The molecule has 0 spiro atoms. The van der Waals surface area contributed by atoms with Gasteiger partial charge < -0.3 is 24.8 Å². The van der Waals surface area contributed by atoms with Gasteiger partial charge in [0.25, 0.3) is 0 Å². The normalized spacial score (nSPS) is 20.0. The van der Waals surface area contributed by atoms with Crippen molar-refractivity contribution in [2.75, 3.05) is 6.61 Å². The number of hydrogen-bond donors (Lipinski definition) is 0. The molecule has 1 aromatic carbocycles. The molecule has 158 valence electrons. The number of halogens is 2. The topological polar surface area (TPSA) is 9.23 Å². The third-order valence-electron chi connectivity index (χ3n) is 6.33. The summed E-state index contributed by atoms with van der Waals surface area (Å²) in [5.41, 5.74) is 7.91. The average molecular weight is 529 g/mol. The first-order chi connectivity index (χ1) is 12.5. The average Bonchev–Trinajstić information content (AvgIpc) is 2.99. The van der Waals surface area contributed by atoms with Crippen molar-refractivity contribution in [3.8, 4) is 0 Å². The zero-order chi connectivity index (χ0) is 20.0. The number of fused-ring (bicyclic) bond motifs is 1. The first kappa shape index (κ1) is 27.1. The van der Waals surface area contributed by atoms with Crippen LogP contribution in [0.4, 0.5) is 0 Å². The van der Waals surface area contributed by atoms with Crippen LogP contribution in [0.3, 0.4) is 0 Å². The van der Waals surface area contributed by atoms with Crippen LogP contribution in [0.25, 0.3) is 6.08 Å². The van der Waals surface area contributed by atoms with Crippen molar-refractivity contribution in [3.05, 3.63) is 58.7 Å². The van der Waals surface area contributed by atoms with Crippen LogP contribution >= 0.6 is 0 Å². The molecule has 0 heterocycles. The Kier molecular flexibility index (Phi) is 9.47. The van der Waals surface area contributed by atoms with Crippen molar-refractivity contribution in [1.82, 2.24) is 0 Å². The molecule has 2 aliphatic carbocycles. The fourth-order valence-electron chi connectivity index (χ4n) is 4.30. The Hall–Kier alpha value is 0.0800. The van der Waals surface area contributed by atoms with Gasteiger partial charge in [0.15, 0.2) is 0 Å². The minimum absolute atomic E-state index is 0. The molecular formula is C24H34Cl2OSiZr. The van der Waals surface area contributed by atoms with Gasteiger partial charge in [0.1, 0.15) is 0 Å². The largest absolute Gasteiger partial charge is 1.00 e. The van der Waals surface area contributed by atoms with Gasteiger partial charge in [0.2, 0.25) is 0 Å². The molecule has 1 unspecified atom stereocenters. The van der Waals surface area contributed by atoms with Crippen molar-refractivity contribution >= 4 is 14.4 Å². The van der Waals surface area contributed by atoms with E-state index in [-0.39, 0.29) is 30.2 Å². The van der Waals surface area contributed by atoms with Crippen LogP contribution in [0.15, 0.2) is 47.5 Å². The summed E-state index contributed by atoms with van der Waals surface area (Å²) in [5, 5.41) is 0. The Labute approximate surface area is 203 Å². The molecule has 3 rings (SSSR count). The van der Waals surface area contributed by atoms with E-state index in [2.05, 4.69) is 84.6 Å². The molecule has 2 aliphatic rings. The Morgan fingerprint density at radius 3 is 2.17 bits per heavy atom. The smallest absolute Gasteiger partial charge is 1.00 e. The van der Waals surface area contributed by atoms with Crippen LogP contribution in [0.1, 0.15) is 58.1 Å². The Bertz CT molecular complexity index is 847. The van der Waals surface area contributed by atoms with E-state index in [1.54, 1.807) is 17.7 Å². The van der Waals surface area contributed by atoms with E-state index in [0.29, 0.717) is 5.92 Å². The van der Waals surface area contributed by atoms with E-state index in [0.717, 1.165) is 13.0 Å². The Balaban J connectivity index is 0.00000210. The molecule has 0 fully saturated rings. The van der Waals surface area contributed by atoms with E-state index in [1.165, 1.54) is 16.7 Å². The zero-order valence-electron chi connectivity index (χ0n) is 19.0. The number of rotatable bonds is 6. The zero-order valence-corrected chi connectivity index (χ0v) is 24.0. The minimum atomic E-state index is -1.45. The van der Waals surface area contributed by atoms with Gasteiger partial charge in [-0.05, 0) is 0 Å². The van der Waals surface area contributed by atoms with Gasteiger partial charge in [0.05, 0.1) is 0 Å². The molecule has 0 saturated heterocycles. The van der Waals surface area contributed by atoms with Gasteiger partial charge in [0, 0.05) is 0 Å². The molecule has 0 bridgehead atoms. The van der Waals surface area contributed by atoms with Gasteiger partial charge in [-0.1, -0.05) is 0 Å².